The summed E-state index contributed by atoms with van der Waals surface area (Å²) < 4.78 is 108. The monoisotopic (exact) mass is 1400 g/mol. The average Bonchev–Trinajstić information content (AvgIpc) is 1.61. The first-order valence-electron chi connectivity index (χ1n) is 32.3. The van der Waals surface area contributed by atoms with Crippen LogP contribution in [0.5, 0.6) is 0 Å². The highest BCUT2D eigenvalue weighted by atomic mass is 19.4. The second-order valence-electron chi connectivity index (χ2n) is 24.3. The summed E-state index contributed by atoms with van der Waals surface area (Å²) in [6.45, 7) is 5.58. The number of piperazine rings is 2. The molecule has 0 spiro atoms. The van der Waals surface area contributed by atoms with Gasteiger partial charge in [-0.3, -0.25) is 38.4 Å². The highest BCUT2D eigenvalue weighted by Gasteiger charge is 2.42. The summed E-state index contributed by atoms with van der Waals surface area (Å²) in [6, 6.07) is 5.70. The van der Waals surface area contributed by atoms with E-state index < -0.39 is 83.7 Å². The van der Waals surface area contributed by atoms with E-state index >= 15 is 0 Å². The van der Waals surface area contributed by atoms with E-state index in [4.69, 9.17) is 29.3 Å². The van der Waals surface area contributed by atoms with Gasteiger partial charge in [0.15, 0.2) is 0 Å². The standard InChI is InChI=1S/C60H84F2N12O10.2C2HF3O2/c1-37(63-3)53(75)67-49(39-13-9-7-10-14-39)57(79)71-23-27-73(28-24-71)59(81)51-47(43-35-41(61)17-19-45(43)69(51)5)55(77)65-21-31-83-33-34-84-32-22-66-56(78)48-44-36-42(62)18-20-46(44)70(6)52(48)60(82)74-29-25-72(26-30-74)58(80)50(40-15-11-8-12-16-40)68-54(76)38(2)64-4;2*3-2(4,5)1(6)7/h17-20,35-40,49-50,63-64H,7-16,21-34H2,1-6H3,(H,65,77)(H,66,78)(H,67,75)(H,68,76);2*(H,6,7)/t37-,38-,49-,50-;;/m0../s1. The van der Waals surface area contributed by atoms with Crippen molar-refractivity contribution in [3.8, 4) is 0 Å². The van der Waals surface area contributed by atoms with E-state index in [1.807, 2.05) is 0 Å². The lowest BCUT2D eigenvalue weighted by Crippen LogP contribution is -2.59. The molecule has 2 saturated heterocycles. The van der Waals surface area contributed by atoms with Crippen molar-refractivity contribution in [3.05, 3.63) is 70.5 Å². The van der Waals surface area contributed by atoms with Gasteiger partial charge in [0.25, 0.3) is 23.6 Å². The van der Waals surface area contributed by atoms with E-state index in [0.717, 1.165) is 64.2 Å². The molecule has 2 aliphatic heterocycles. The topological polar surface area (TPSA) is 325 Å². The summed E-state index contributed by atoms with van der Waals surface area (Å²) in [7, 11) is 6.67. The number of nitrogens with zero attached hydrogens (tertiary/aromatic N) is 6. The second-order valence-corrected chi connectivity index (χ2v) is 24.3. The number of hydrogen-bond donors (Lipinski definition) is 8. The first kappa shape index (κ1) is 78.5. The largest absolute Gasteiger partial charge is 0.490 e. The van der Waals surface area contributed by atoms with Gasteiger partial charge < -0.3 is 80.3 Å². The summed E-state index contributed by atoms with van der Waals surface area (Å²) in [5, 5.41) is 32.3. The van der Waals surface area contributed by atoms with Crippen LogP contribution in [-0.2, 0) is 52.3 Å². The molecule has 98 heavy (non-hydrogen) atoms. The number of aliphatic carboxylic acids is 2. The van der Waals surface area contributed by atoms with E-state index in [1.165, 1.54) is 36.4 Å². The Labute approximate surface area is 559 Å². The third kappa shape index (κ3) is 20.5. The fourth-order valence-corrected chi connectivity index (χ4v) is 12.2. The third-order valence-electron chi connectivity index (χ3n) is 17.9. The molecule has 0 radical (unpaired) electrons. The molecule has 4 fully saturated rings. The van der Waals surface area contributed by atoms with Crippen LogP contribution in [0.1, 0.15) is 120 Å². The molecule has 2 aliphatic carbocycles. The number of likely N-dealkylation sites (N-methyl/N-ethyl adjacent to an activating group) is 2. The molecule has 2 saturated carbocycles. The summed E-state index contributed by atoms with van der Waals surface area (Å²) >= 11 is 0. The SMILES string of the molecule is CN[C@@H](C)C(=O)N[C@H](C(=O)N1CCN(C(=O)c2c(C(=O)NCCOCCOCCNC(=O)c3c(C(=O)N4CCN(C(=O)[C@@H](NC(=O)[C@H](C)NC)C5CCCCC5)CC4)n(C)c4ccc(F)cc34)c3cc(F)ccc3n2C)CC1)C1CCCCC1.O=C(O)C(F)(F)F.O=C(O)C(F)(F)F. The number of ether oxygens (including phenoxy) is 2. The number of nitrogens with one attached hydrogen (secondary N) is 6. The highest BCUT2D eigenvalue weighted by Crippen LogP contribution is 2.33. The lowest BCUT2D eigenvalue weighted by atomic mass is 9.83. The molecule has 0 unspecified atom stereocenters. The fourth-order valence-electron chi connectivity index (χ4n) is 12.2. The molecular weight excluding hydrogens is 1310 g/mol. The molecule has 8 N–H and O–H groups in total. The molecule has 26 nitrogen and oxygen atoms in total. The van der Waals surface area contributed by atoms with Crippen LogP contribution in [-0.4, -0.2) is 241 Å². The lowest BCUT2D eigenvalue weighted by molar-refractivity contribution is -0.193. The number of benzene rings is 2. The van der Waals surface area contributed by atoms with Crippen LogP contribution >= 0.6 is 0 Å². The van der Waals surface area contributed by atoms with Crippen molar-refractivity contribution in [1.82, 2.24) is 60.6 Å². The Bertz CT molecular complexity index is 3260. The fraction of sp³-hybridized carbons (Fsp3) is 0.594. The molecule has 0 bridgehead atoms. The van der Waals surface area contributed by atoms with Gasteiger partial charge in [0, 0.05) is 101 Å². The zero-order valence-electron chi connectivity index (χ0n) is 55.4. The van der Waals surface area contributed by atoms with Crippen molar-refractivity contribution in [3.63, 3.8) is 0 Å². The Morgan fingerprint density at radius 3 is 1.10 bits per heavy atom. The number of carbonyl (C=O) groups excluding carboxylic acids is 8. The summed E-state index contributed by atoms with van der Waals surface area (Å²) in [6.07, 6.45) is -0.693. The minimum Gasteiger partial charge on any atom is -0.475 e. The maximum absolute atomic E-state index is 14.8. The molecule has 34 heteroatoms. The summed E-state index contributed by atoms with van der Waals surface area (Å²) in [5.41, 5.74) is 1.13. The molecule has 4 heterocycles. The maximum Gasteiger partial charge on any atom is 0.490 e. The van der Waals surface area contributed by atoms with Gasteiger partial charge >= 0.3 is 24.3 Å². The summed E-state index contributed by atoms with van der Waals surface area (Å²) in [4.78, 5) is 135. The van der Waals surface area contributed by atoms with Crippen molar-refractivity contribution in [1.29, 1.82) is 0 Å². The van der Waals surface area contributed by atoms with Gasteiger partial charge in [0.2, 0.25) is 23.6 Å². The van der Waals surface area contributed by atoms with E-state index in [0.29, 0.717) is 11.0 Å². The Hall–Kier alpha value is -8.50. The van der Waals surface area contributed by atoms with Gasteiger partial charge in [-0.05, 0) is 102 Å². The Balaban J connectivity index is 0.000000976. The number of carboxylic acids is 2. The quantitative estimate of drug-likeness (QED) is 0.0379. The second kappa shape index (κ2) is 35.8. The Kier molecular flexibility index (Phi) is 28.7. The minimum atomic E-state index is -5.08. The molecule has 4 aliphatic rings. The number of fused-ring (bicyclic) bond motifs is 2. The molecular formula is C64H86F8N12O14. The number of alkyl halides is 6. The number of rotatable bonds is 23. The van der Waals surface area contributed by atoms with Crippen LogP contribution in [0.4, 0.5) is 35.1 Å². The molecule has 8 amide bonds. The number of hydrogen-bond acceptors (Lipinski definition) is 14. The third-order valence-corrected chi connectivity index (χ3v) is 17.9. The van der Waals surface area contributed by atoms with Crippen molar-refractivity contribution >= 4 is 81.0 Å². The molecule has 2 aromatic carbocycles. The highest BCUT2D eigenvalue weighted by molar-refractivity contribution is 6.17. The van der Waals surface area contributed by atoms with Crippen molar-refractivity contribution in [2.45, 2.75) is 115 Å². The normalized spacial score (nSPS) is 16.9. The van der Waals surface area contributed by atoms with Crippen molar-refractivity contribution in [2.24, 2.45) is 25.9 Å². The predicted molar refractivity (Wildman–Crippen MR) is 338 cm³/mol. The van der Waals surface area contributed by atoms with Gasteiger partial charge in [-0.2, -0.15) is 26.3 Å². The van der Waals surface area contributed by atoms with Crippen LogP contribution in [0.25, 0.3) is 21.8 Å². The number of aryl methyl sites for hydroxylation is 2. The van der Waals surface area contributed by atoms with Gasteiger partial charge in [0.05, 0.1) is 49.6 Å². The van der Waals surface area contributed by atoms with Crippen LogP contribution in [0, 0.1) is 23.5 Å². The molecule has 542 valence electrons. The number of aromatic nitrogens is 2. The van der Waals surface area contributed by atoms with Gasteiger partial charge in [-0.15, -0.1) is 0 Å². The Morgan fingerprint density at radius 2 is 0.806 bits per heavy atom. The van der Waals surface area contributed by atoms with Crippen molar-refractivity contribution < 1.29 is 103 Å². The molecule has 2 aromatic heterocycles. The average molecular weight is 1400 g/mol. The van der Waals surface area contributed by atoms with E-state index in [9.17, 15) is 73.5 Å². The maximum atomic E-state index is 14.8. The molecule has 8 rings (SSSR count). The zero-order chi connectivity index (χ0) is 72.3. The van der Waals surface area contributed by atoms with Crippen molar-refractivity contribution in [2.75, 3.05) is 106 Å². The molecule has 4 aromatic rings. The van der Waals surface area contributed by atoms with E-state index in [1.54, 1.807) is 70.8 Å². The van der Waals surface area contributed by atoms with Crippen LogP contribution < -0.4 is 31.9 Å². The number of amides is 8. The van der Waals surface area contributed by atoms with E-state index in [-0.39, 0.29) is 161 Å². The van der Waals surface area contributed by atoms with Gasteiger partial charge in [-0.25, -0.2) is 18.4 Å². The van der Waals surface area contributed by atoms with Gasteiger partial charge in [-0.1, -0.05) is 38.5 Å². The van der Waals surface area contributed by atoms with Crippen LogP contribution in [0.15, 0.2) is 36.4 Å². The predicted octanol–water partition coefficient (Wildman–Crippen LogP) is 4.32. The van der Waals surface area contributed by atoms with Crippen LogP contribution in [0.3, 0.4) is 0 Å². The smallest absolute Gasteiger partial charge is 0.475 e. The van der Waals surface area contributed by atoms with Crippen LogP contribution in [0.2, 0.25) is 0 Å². The first-order chi connectivity index (χ1) is 46.3. The minimum absolute atomic E-state index is 0.0122. The molecule has 4 atom stereocenters. The number of carboxylic acid groups (broad SMARTS) is 2. The van der Waals surface area contributed by atoms with E-state index in [2.05, 4.69) is 31.9 Å². The number of carbonyl (C=O) groups is 10. The van der Waals surface area contributed by atoms with Gasteiger partial charge in [0.1, 0.15) is 35.1 Å². The lowest BCUT2D eigenvalue weighted by Gasteiger charge is -2.39. The summed E-state index contributed by atoms with van der Waals surface area (Å²) in [5.74, 6) is -9.59. The first-order valence-corrected chi connectivity index (χ1v) is 32.3. The zero-order valence-corrected chi connectivity index (χ0v) is 55.4. The number of halogens is 8. The Morgan fingerprint density at radius 1 is 0.500 bits per heavy atom.